The molecule has 0 bridgehead atoms. The molecule has 1 atom stereocenters. The molecule has 0 amide bonds. The molecular weight excluding hydrogens is 260 g/mol. The number of para-hydroxylation sites is 1. The molecule has 3 nitrogen and oxygen atoms in total. The van der Waals surface area contributed by atoms with Gasteiger partial charge in [0.1, 0.15) is 11.5 Å². The highest BCUT2D eigenvalue weighted by Gasteiger charge is 2.03. The molecule has 2 aromatic carbocycles. The summed E-state index contributed by atoms with van der Waals surface area (Å²) in [6.07, 6.45) is -0.676. The zero-order chi connectivity index (χ0) is 13.5. The molecule has 0 saturated heterocycles. The quantitative estimate of drug-likeness (QED) is 0.796. The van der Waals surface area contributed by atoms with Crippen LogP contribution in [0.4, 0.5) is 0 Å². The van der Waals surface area contributed by atoms with Crippen molar-refractivity contribution in [2.45, 2.75) is 11.0 Å². The zero-order valence-electron chi connectivity index (χ0n) is 10.4. The Kier molecular flexibility index (Phi) is 5.27. The van der Waals surface area contributed by atoms with Gasteiger partial charge in [0.25, 0.3) is 0 Å². The van der Waals surface area contributed by atoms with Crippen molar-refractivity contribution in [2.75, 3.05) is 12.4 Å². The van der Waals surface area contributed by atoms with Crippen molar-refractivity contribution in [2.24, 2.45) is 0 Å². The van der Waals surface area contributed by atoms with E-state index in [1.807, 2.05) is 54.6 Å². The first-order chi connectivity index (χ1) is 9.28. The normalized spacial score (nSPS) is 12.1. The lowest BCUT2D eigenvalue weighted by molar-refractivity contribution is 0.113. The molecule has 0 aromatic heterocycles. The summed E-state index contributed by atoms with van der Waals surface area (Å²) in [5.41, 5.74) is 0. The van der Waals surface area contributed by atoms with Crippen molar-refractivity contribution in [3.8, 4) is 11.5 Å². The third-order valence-corrected chi connectivity index (χ3v) is 3.61. The summed E-state index contributed by atoms with van der Waals surface area (Å²) in [6, 6.07) is 17.3. The Hall–Kier alpha value is -1.49. The highest BCUT2D eigenvalue weighted by molar-refractivity contribution is 7.99. The van der Waals surface area contributed by atoms with Crippen LogP contribution in [0.1, 0.15) is 0 Å². The minimum atomic E-state index is -0.676. The minimum absolute atomic E-state index is 0.206. The van der Waals surface area contributed by atoms with Gasteiger partial charge in [0.05, 0.1) is 12.7 Å². The van der Waals surface area contributed by atoms with Crippen LogP contribution in [0.25, 0.3) is 0 Å². The minimum Gasteiger partial charge on any atom is -0.457 e. The summed E-state index contributed by atoms with van der Waals surface area (Å²) in [5, 5.41) is 18.0. The Balaban J connectivity index is 1.91. The number of ether oxygens (including phenoxy) is 1. The van der Waals surface area contributed by atoms with Crippen molar-refractivity contribution in [1.29, 1.82) is 0 Å². The first kappa shape index (κ1) is 13.9. The second-order valence-corrected chi connectivity index (χ2v) is 5.13. The molecule has 0 aliphatic rings. The van der Waals surface area contributed by atoms with Gasteiger partial charge in [-0.3, -0.25) is 0 Å². The molecule has 0 fully saturated rings. The van der Waals surface area contributed by atoms with Gasteiger partial charge in [-0.15, -0.1) is 11.8 Å². The Bertz CT molecular complexity index is 485. The monoisotopic (exact) mass is 276 g/mol. The van der Waals surface area contributed by atoms with E-state index in [4.69, 9.17) is 9.84 Å². The van der Waals surface area contributed by atoms with Crippen molar-refractivity contribution in [3.05, 3.63) is 54.6 Å². The van der Waals surface area contributed by atoms with Crippen LogP contribution < -0.4 is 4.74 Å². The van der Waals surface area contributed by atoms with E-state index < -0.39 is 6.10 Å². The maximum absolute atomic E-state index is 9.27. The van der Waals surface area contributed by atoms with Gasteiger partial charge in [-0.1, -0.05) is 18.2 Å². The SMILES string of the molecule is OCC(O)CSc1ccc(Oc2ccccc2)cc1. The molecule has 0 aliphatic heterocycles. The highest BCUT2D eigenvalue weighted by Crippen LogP contribution is 2.25. The molecular formula is C15H16O3S. The first-order valence-electron chi connectivity index (χ1n) is 6.02. The van der Waals surface area contributed by atoms with Crippen molar-refractivity contribution in [3.63, 3.8) is 0 Å². The summed E-state index contributed by atoms with van der Waals surface area (Å²) >= 11 is 1.50. The fourth-order valence-electron chi connectivity index (χ4n) is 1.47. The highest BCUT2D eigenvalue weighted by atomic mass is 32.2. The Morgan fingerprint density at radius 1 is 0.947 bits per heavy atom. The molecule has 100 valence electrons. The average molecular weight is 276 g/mol. The lowest BCUT2D eigenvalue weighted by atomic mass is 10.3. The van der Waals surface area contributed by atoms with Crippen LogP contribution in [0.5, 0.6) is 11.5 Å². The van der Waals surface area contributed by atoms with E-state index in [-0.39, 0.29) is 6.61 Å². The van der Waals surface area contributed by atoms with E-state index in [0.29, 0.717) is 5.75 Å². The lowest BCUT2D eigenvalue weighted by Crippen LogP contribution is -2.14. The predicted molar refractivity (Wildman–Crippen MR) is 76.8 cm³/mol. The fraction of sp³-hybridized carbons (Fsp3) is 0.200. The van der Waals surface area contributed by atoms with Crippen molar-refractivity contribution >= 4 is 11.8 Å². The van der Waals surface area contributed by atoms with Crippen molar-refractivity contribution < 1.29 is 14.9 Å². The number of benzene rings is 2. The van der Waals surface area contributed by atoms with Crippen LogP contribution in [0.2, 0.25) is 0 Å². The number of hydrogen-bond donors (Lipinski definition) is 2. The standard InChI is InChI=1S/C15H16O3S/c16-10-12(17)11-19-15-8-6-14(7-9-15)18-13-4-2-1-3-5-13/h1-9,12,16-17H,10-11H2. The van der Waals surface area contributed by atoms with Crippen LogP contribution in [-0.4, -0.2) is 28.7 Å². The van der Waals surface area contributed by atoms with Gasteiger partial charge in [-0.05, 0) is 36.4 Å². The fourth-order valence-corrected chi connectivity index (χ4v) is 2.29. The molecule has 19 heavy (non-hydrogen) atoms. The third-order valence-electron chi connectivity index (χ3n) is 2.46. The zero-order valence-corrected chi connectivity index (χ0v) is 11.2. The number of aliphatic hydroxyl groups is 2. The molecule has 4 heteroatoms. The smallest absolute Gasteiger partial charge is 0.127 e. The van der Waals surface area contributed by atoms with Gasteiger partial charge >= 0.3 is 0 Å². The van der Waals surface area contributed by atoms with Crippen LogP contribution in [-0.2, 0) is 0 Å². The molecule has 2 rings (SSSR count). The number of thioether (sulfide) groups is 1. The van der Waals surface area contributed by atoms with Crippen LogP contribution in [0.3, 0.4) is 0 Å². The van der Waals surface area contributed by atoms with Crippen LogP contribution in [0.15, 0.2) is 59.5 Å². The van der Waals surface area contributed by atoms with E-state index in [1.54, 1.807) is 0 Å². The summed E-state index contributed by atoms with van der Waals surface area (Å²) < 4.78 is 5.68. The van der Waals surface area contributed by atoms with E-state index >= 15 is 0 Å². The topological polar surface area (TPSA) is 49.7 Å². The summed E-state index contributed by atoms with van der Waals surface area (Å²) in [4.78, 5) is 1.04. The molecule has 0 aliphatic carbocycles. The third kappa shape index (κ3) is 4.59. The summed E-state index contributed by atoms with van der Waals surface area (Å²) in [6.45, 7) is -0.206. The van der Waals surface area contributed by atoms with Crippen LogP contribution >= 0.6 is 11.8 Å². The molecule has 0 saturated carbocycles. The number of rotatable bonds is 6. The Morgan fingerprint density at radius 3 is 2.21 bits per heavy atom. The van der Waals surface area contributed by atoms with Crippen LogP contribution in [0, 0.1) is 0 Å². The van der Waals surface area contributed by atoms with E-state index in [2.05, 4.69) is 0 Å². The largest absolute Gasteiger partial charge is 0.457 e. The van der Waals surface area contributed by atoms with Gasteiger partial charge in [0.2, 0.25) is 0 Å². The Labute approximate surface area is 116 Å². The maximum Gasteiger partial charge on any atom is 0.127 e. The summed E-state index contributed by atoms with van der Waals surface area (Å²) in [5.74, 6) is 2.06. The van der Waals surface area contributed by atoms with Gasteiger partial charge in [-0.25, -0.2) is 0 Å². The molecule has 1 unspecified atom stereocenters. The van der Waals surface area contributed by atoms with E-state index in [9.17, 15) is 5.11 Å². The first-order valence-corrected chi connectivity index (χ1v) is 7.01. The second-order valence-electron chi connectivity index (χ2n) is 4.03. The van der Waals surface area contributed by atoms with Gasteiger partial charge < -0.3 is 14.9 Å². The predicted octanol–water partition coefficient (Wildman–Crippen LogP) is 2.92. The van der Waals surface area contributed by atoms with E-state index in [1.165, 1.54) is 11.8 Å². The van der Waals surface area contributed by atoms with Gasteiger partial charge in [-0.2, -0.15) is 0 Å². The number of hydrogen-bond acceptors (Lipinski definition) is 4. The van der Waals surface area contributed by atoms with E-state index in [0.717, 1.165) is 16.4 Å². The maximum atomic E-state index is 9.27. The molecule has 2 aromatic rings. The Morgan fingerprint density at radius 2 is 1.58 bits per heavy atom. The van der Waals surface area contributed by atoms with Gasteiger partial charge in [0, 0.05) is 10.6 Å². The summed E-state index contributed by atoms with van der Waals surface area (Å²) in [7, 11) is 0. The molecule has 2 N–H and O–H groups in total. The second kappa shape index (κ2) is 7.19. The molecule has 0 spiro atoms. The average Bonchev–Trinajstić information content (AvgIpc) is 2.47. The molecule has 0 radical (unpaired) electrons. The lowest BCUT2D eigenvalue weighted by Gasteiger charge is -2.08. The van der Waals surface area contributed by atoms with Gasteiger partial charge in [0.15, 0.2) is 0 Å². The van der Waals surface area contributed by atoms with Crippen molar-refractivity contribution in [1.82, 2.24) is 0 Å². The number of aliphatic hydroxyl groups excluding tert-OH is 2. The molecule has 0 heterocycles.